The summed E-state index contributed by atoms with van der Waals surface area (Å²) in [5.74, 6) is 0. The Morgan fingerprint density at radius 2 is 1.64 bits per heavy atom. The fourth-order valence-electron chi connectivity index (χ4n) is 1.36. The van der Waals surface area contributed by atoms with Gasteiger partial charge in [-0.15, -0.1) is 0 Å². The maximum absolute atomic E-state index is 5.15. The van der Waals surface area contributed by atoms with Crippen molar-refractivity contribution in [1.82, 2.24) is 4.90 Å². The minimum absolute atomic E-state index is 0.775. The lowest BCUT2D eigenvalue weighted by molar-refractivity contribution is 0.175. The van der Waals surface area contributed by atoms with E-state index in [1.54, 1.807) is 0 Å². The smallest absolute Gasteiger partial charge is 0.0999 e. The molecule has 2 heteroatoms. The van der Waals surface area contributed by atoms with Crippen molar-refractivity contribution < 1.29 is 4.74 Å². The quantitative estimate of drug-likeness (QED) is 0.396. The van der Waals surface area contributed by atoms with Crippen LogP contribution in [0.25, 0.3) is 0 Å². The first-order valence-corrected chi connectivity index (χ1v) is 5.80. The van der Waals surface area contributed by atoms with E-state index in [0.717, 1.165) is 13.2 Å². The molecule has 0 aliphatic carbocycles. The topological polar surface area (TPSA) is 12.5 Å². The Balaban J connectivity index is 3.54. The second-order valence-corrected chi connectivity index (χ2v) is 3.59. The molecular formula is C12H25NO. The fraction of sp³-hybridized carbons (Fsp3) is 0.833. The third kappa shape index (κ3) is 8.11. The predicted molar refractivity (Wildman–Crippen MR) is 62.4 cm³/mol. The number of nitrogens with zero attached hydrogens (tertiary/aromatic N) is 1. The van der Waals surface area contributed by atoms with Crippen LogP contribution >= 0.6 is 0 Å². The van der Waals surface area contributed by atoms with Gasteiger partial charge in [0.2, 0.25) is 0 Å². The van der Waals surface area contributed by atoms with Crippen molar-refractivity contribution in [3.8, 4) is 0 Å². The highest BCUT2D eigenvalue weighted by molar-refractivity contribution is 4.58. The molecule has 0 fully saturated rings. The van der Waals surface area contributed by atoms with Gasteiger partial charge in [-0.3, -0.25) is 4.90 Å². The summed E-state index contributed by atoms with van der Waals surface area (Å²) in [7, 11) is 0. The van der Waals surface area contributed by atoms with Crippen molar-refractivity contribution in [2.75, 3.05) is 26.2 Å². The van der Waals surface area contributed by atoms with Crippen LogP contribution in [0.15, 0.2) is 12.8 Å². The molecule has 0 heterocycles. The minimum Gasteiger partial charge on any atom is -0.500 e. The first kappa shape index (κ1) is 13.5. The summed E-state index contributed by atoms with van der Waals surface area (Å²) >= 11 is 0. The third-order valence-electron chi connectivity index (χ3n) is 2.30. The lowest BCUT2D eigenvalue weighted by atomic mass is 10.2. The zero-order valence-corrected chi connectivity index (χ0v) is 9.80. The molecule has 0 rings (SSSR count). The van der Waals surface area contributed by atoms with E-state index < -0.39 is 0 Å². The van der Waals surface area contributed by atoms with E-state index in [1.807, 2.05) is 0 Å². The summed E-state index contributed by atoms with van der Waals surface area (Å²) in [5, 5.41) is 0. The highest BCUT2D eigenvalue weighted by atomic mass is 16.5. The highest BCUT2D eigenvalue weighted by Gasteiger charge is 2.02. The van der Waals surface area contributed by atoms with Gasteiger partial charge < -0.3 is 4.74 Å². The third-order valence-corrected chi connectivity index (χ3v) is 2.30. The summed E-state index contributed by atoms with van der Waals surface area (Å²) in [4.78, 5) is 2.48. The van der Waals surface area contributed by atoms with Crippen molar-refractivity contribution in [3.63, 3.8) is 0 Å². The van der Waals surface area contributed by atoms with Crippen molar-refractivity contribution in [3.05, 3.63) is 12.8 Å². The largest absolute Gasteiger partial charge is 0.500 e. The second-order valence-electron chi connectivity index (χ2n) is 3.59. The molecule has 14 heavy (non-hydrogen) atoms. The maximum atomic E-state index is 5.15. The van der Waals surface area contributed by atoms with Crippen molar-refractivity contribution >= 4 is 0 Å². The van der Waals surface area contributed by atoms with Crippen LogP contribution in [0.1, 0.15) is 39.5 Å². The van der Waals surface area contributed by atoms with E-state index in [0.29, 0.717) is 0 Å². The number of ether oxygens (including phenoxy) is 1. The van der Waals surface area contributed by atoms with Crippen LogP contribution in [-0.2, 0) is 4.74 Å². The molecular weight excluding hydrogens is 174 g/mol. The Hall–Kier alpha value is -0.500. The molecule has 0 aromatic carbocycles. The van der Waals surface area contributed by atoms with E-state index in [4.69, 9.17) is 4.74 Å². The van der Waals surface area contributed by atoms with Crippen molar-refractivity contribution in [1.29, 1.82) is 0 Å². The lowest BCUT2D eigenvalue weighted by Gasteiger charge is -2.21. The van der Waals surface area contributed by atoms with Gasteiger partial charge in [-0.2, -0.15) is 0 Å². The summed E-state index contributed by atoms with van der Waals surface area (Å²) in [6.45, 7) is 12.2. The minimum atomic E-state index is 0.775. The molecule has 2 nitrogen and oxygen atoms in total. The molecule has 0 bridgehead atoms. The van der Waals surface area contributed by atoms with E-state index in [2.05, 4.69) is 25.3 Å². The Morgan fingerprint density at radius 3 is 2.07 bits per heavy atom. The monoisotopic (exact) mass is 199 g/mol. The van der Waals surface area contributed by atoms with E-state index in [-0.39, 0.29) is 0 Å². The molecule has 0 aromatic heterocycles. The van der Waals surface area contributed by atoms with Crippen LogP contribution in [-0.4, -0.2) is 31.1 Å². The molecule has 0 aliphatic heterocycles. The van der Waals surface area contributed by atoms with E-state index >= 15 is 0 Å². The molecule has 84 valence electrons. The normalized spacial score (nSPS) is 10.5. The summed E-state index contributed by atoms with van der Waals surface area (Å²) in [5.41, 5.74) is 0. The number of rotatable bonds is 10. The SMILES string of the molecule is C=COCCN(CCCC)CCCC. The summed E-state index contributed by atoms with van der Waals surface area (Å²) < 4.78 is 5.15. The number of unbranched alkanes of at least 4 members (excludes halogenated alkanes) is 2. The molecule has 0 atom stereocenters. The van der Waals surface area contributed by atoms with Gasteiger partial charge in [-0.1, -0.05) is 33.3 Å². The molecule has 0 amide bonds. The average Bonchev–Trinajstić information content (AvgIpc) is 2.21. The Morgan fingerprint density at radius 1 is 1.07 bits per heavy atom. The van der Waals surface area contributed by atoms with Gasteiger partial charge in [0.1, 0.15) is 0 Å². The van der Waals surface area contributed by atoms with Crippen LogP contribution in [0.3, 0.4) is 0 Å². The van der Waals surface area contributed by atoms with Gasteiger partial charge in [0.15, 0.2) is 0 Å². The summed E-state index contributed by atoms with van der Waals surface area (Å²) in [6.07, 6.45) is 6.64. The molecule has 0 N–H and O–H groups in total. The van der Waals surface area contributed by atoms with Gasteiger partial charge >= 0.3 is 0 Å². The van der Waals surface area contributed by atoms with Crippen LogP contribution < -0.4 is 0 Å². The van der Waals surface area contributed by atoms with E-state index in [1.165, 1.54) is 45.0 Å². The Labute approximate surface area is 88.9 Å². The standard InChI is InChI=1S/C12H25NO/c1-4-7-9-13(10-8-5-2)11-12-14-6-3/h6H,3-5,7-12H2,1-2H3. The summed E-state index contributed by atoms with van der Waals surface area (Å²) in [6, 6.07) is 0. The van der Waals surface area contributed by atoms with Crippen LogP contribution in [0.5, 0.6) is 0 Å². The molecule has 0 aromatic rings. The van der Waals surface area contributed by atoms with E-state index in [9.17, 15) is 0 Å². The molecule has 0 radical (unpaired) electrons. The number of hydrogen-bond acceptors (Lipinski definition) is 2. The second kappa shape index (κ2) is 10.6. The van der Waals surface area contributed by atoms with Gasteiger partial charge in [0.05, 0.1) is 12.9 Å². The van der Waals surface area contributed by atoms with Gasteiger partial charge in [-0.25, -0.2) is 0 Å². The van der Waals surface area contributed by atoms with Crippen molar-refractivity contribution in [2.24, 2.45) is 0 Å². The average molecular weight is 199 g/mol. The van der Waals surface area contributed by atoms with Crippen molar-refractivity contribution in [2.45, 2.75) is 39.5 Å². The molecule has 0 spiro atoms. The van der Waals surface area contributed by atoms with Gasteiger partial charge in [-0.05, 0) is 25.9 Å². The first-order valence-electron chi connectivity index (χ1n) is 5.80. The fourth-order valence-corrected chi connectivity index (χ4v) is 1.36. The highest BCUT2D eigenvalue weighted by Crippen LogP contribution is 1.98. The maximum Gasteiger partial charge on any atom is 0.0999 e. The predicted octanol–water partition coefficient (Wildman–Crippen LogP) is 3.05. The zero-order chi connectivity index (χ0) is 10.6. The lowest BCUT2D eigenvalue weighted by Crippen LogP contribution is -2.29. The molecule has 0 aliphatic rings. The Kier molecular flexibility index (Phi) is 10.2. The molecule has 0 saturated heterocycles. The van der Waals surface area contributed by atoms with Gasteiger partial charge in [0, 0.05) is 6.54 Å². The van der Waals surface area contributed by atoms with Crippen LogP contribution in [0.2, 0.25) is 0 Å². The van der Waals surface area contributed by atoms with Crippen LogP contribution in [0.4, 0.5) is 0 Å². The van der Waals surface area contributed by atoms with Crippen LogP contribution in [0, 0.1) is 0 Å². The van der Waals surface area contributed by atoms with Gasteiger partial charge in [0.25, 0.3) is 0 Å². The molecule has 0 unspecified atom stereocenters. The zero-order valence-electron chi connectivity index (χ0n) is 9.80. The molecule has 0 saturated carbocycles. The Bertz CT molecular complexity index is 117. The first-order chi connectivity index (χ1) is 6.85. The number of hydrogen-bond donors (Lipinski definition) is 0.